The van der Waals surface area contributed by atoms with Crippen molar-refractivity contribution in [2.75, 3.05) is 34.5 Å². The van der Waals surface area contributed by atoms with Gasteiger partial charge in [0.2, 0.25) is 0 Å². The second-order valence-electron chi connectivity index (χ2n) is 8.88. The van der Waals surface area contributed by atoms with E-state index in [9.17, 15) is 4.79 Å². The summed E-state index contributed by atoms with van der Waals surface area (Å²) in [5.41, 5.74) is 0. The normalized spacial score (nSPS) is 24.8. The van der Waals surface area contributed by atoms with Crippen LogP contribution in [0.3, 0.4) is 0 Å². The second kappa shape index (κ2) is 13.6. The van der Waals surface area contributed by atoms with Gasteiger partial charge in [0.25, 0.3) is 0 Å². The molecule has 0 bridgehead atoms. The van der Waals surface area contributed by atoms with Crippen LogP contribution in [0.2, 0.25) is 0 Å². The van der Waals surface area contributed by atoms with Crippen molar-refractivity contribution < 1.29 is 28.5 Å². The fourth-order valence-electron chi connectivity index (χ4n) is 5.11. The third-order valence-electron chi connectivity index (χ3n) is 6.97. The zero-order valence-corrected chi connectivity index (χ0v) is 20.2. The van der Waals surface area contributed by atoms with Gasteiger partial charge >= 0.3 is 5.97 Å². The maximum Gasteiger partial charge on any atom is 0.305 e. The number of carbonyl (C=O) groups excluding carboxylic acids is 1. The molecule has 1 aliphatic heterocycles. The highest BCUT2D eigenvalue weighted by Crippen LogP contribution is 2.47. The summed E-state index contributed by atoms with van der Waals surface area (Å²) in [6.07, 6.45) is 16.5. The average molecular weight is 441 g/mol. The molecule has 1 heterocycles. The van der Waals surface area contributed by atoms with Crippen LogP contribution in [0.5, 0.6) is 0 Å². The summed E-state index contributed by atoms with van der Waals surface area (Å²) in [5.74, 6) is -0.519. The van der Waals surface area contributed by atoms with Gasteiger partial charge in [0, 0.05) is 39.4 Å². The molecule has 6 nitrogen and oxygen atoms in total. The van der Waals surface area contributed by atoms with Gasteiger partial charge < -0.3 is 23.7 Å². The first-order valence-corrected chi connectivity index (χ1v) is 12.2. The van der Waals surface area contributed by atoms with Crippen molar-refractivity contribution in [3.8, 4) is 0 Å². The van der Waals surface area contributed by atoms with Gasteiger partial charge in [-0.05, 0) is 37.7 Å². The minimum atomic E-state index is -0.557. The van der Waals surface area contributed by atoms with E-state index in [1.165, 1.54) is 20.0 Å². The second-order valence-corrected chi connectivity index (χ2v) is 8.88. The number of hydrogen-bond acceptors (Lipinski definition) is 6. The van der Waals surface area contributed by atoms with Gasteiger partial charge in [0.1, 0.15) is 0 Å². The largest absolute Gasteiger partial charge is 0.469 e. The fraction of sp³-hybridized carbons (Fsp3) is 0.880. The van der Waals surface area contributed by atoms with Crippen LogP contribution in [0.1, 0.15) is 84.0 Å². The third kappa shape index (κ3) is 7.55. The maximum atomic E-state index is 11.3. The van der Waals surface area contributed by atoms with E-state index < -0.39 is 11.6 Å². The van der Waals surface area contributed by atoms with Crippen molar-refractivity contribution in [2.45, 2.75) is 95.5 Å². The van der Waals surface area contributed by atoms with Crippen molar-refractivity contribution >= 4 is 5.97 Å². The molecule has 0 aromatic carbocycles. The molecule has 6 heteroatoms. The number of carbonyl (C=O) groups is 1. The molecule has 0 amide bonds. The van der Waals surface area contributed by atoms with E-state index in [0.29, 0.717) is 31.5 Å². The van der Waals surface area contributed by atoms with E-state index in [0.717, 1.165) is 57.8 Å². The lowest BCUT2D eigenvalue weighted by atomic mass is 9.86. The first-order chi connectivity index (χ1) is 15.0. The van der Waals surface area contributed by atoms with Crippen LogP contribution in [0.15, 0.2) is 12.2 Å². The Kier molecular flexibility index (Phi) is 11.5. The lowest BCUT2D eigenvalue weighted by Gasteiger charge is -2.35. The highest BCUT2D eigenvalue weighted by Gasteiger charge is 2.48. The summed E-state index contributed by atoms with van der Waals surface area (Å²) in [4.78, 5) is 11.3. The molecule has 31 heavy (non-hydrogen) atoms. The SMILES string of the molecule is CCCCCC1(C=C[C@H]2CCC(OC)(OC)[C@@H]2CCCCCCC(=O)OC)OCCO1. The Morgan fingerprint density at radius 2 is 1.71 bits per heavy atom. The first-order valence-electron chi connectivity index (χ1n) is 12.2. The molecule has 1 aliphatic carbocycles. The predicted octanol–water partition coefficient (Wildman–Crippen LogP) is 5.39. The predicted molar refractivity (Wildman–Crippen MR) is 121 cm³/mol. The van der Waals surface area contributed by atoms with Crippen LogP contribution in [0.25, 0.3) is 0 Å². The van der Waals surface area contributed by atoms with Crippen LogP contribution in [-0.4, -0.2) is 52.1 Å². The van der Waals surface area contributed by atoms with Crippen LogP contribution >= 0.6 is 0 Å². The topological polar surface area (TPSA) is 63.2 Å². The Morgan fingerprint density at radius 1 is 1.00 bits per heavy atom. The highest BCUT2D eigenvalue weighted by atomic mass is 16.7. The number of ether oxygens (including phenoxy) is 5. The van der Waals surface area contributed by atoms with E-state index in [4.69, 9.17) is 23.7 Å². The quantitative estimate of drug-likeness (QED) is 0.147. The Bertz CT molecular complexity index is 536. The van der Waals surface area contributed by atoms with E-state index in [1.54, 1.807) is 14.2 Å². The van der Waals surface area contributed by atoms with Gasteiger partial charge in [-0.1, -0.05) is 45.1 Å². The fourth-order valence-corrected chi connectivity index (χ4v) is 5.11. The van der Waals surface area contributed by atoms with Gasteiger partial charge in [-0.2, -0.15) is 0 Å². The van der Waals surface area contributed by atoms with Gasteiger partial charge in [0.15, 0.2) is 11.6 Å². The summed E-state index contributed by atoms with van der Waals surface area (Å²) < 4.78 is 28.6. The van der Waals surface area contributed by atoms with Crippen LogP contribution in [0, 0.1) is 11.8 Å². The first kappa shape index (κ1) is 26.3. The molecule has 2 fully saturated rings. The minimum absolute atomic E-state index is 0.122. The Morgan fingerprint density at radius 3 is 2.35 bits per heavy atom. The summed E-state index contributed by atoms with van der Waals surface area (Å²) >= 11 is 0. The molecule has 0 N–H and O–H groups in total. The lowest BCUT2D eigenvalue weighted by Crippen LogP contribution is -2.39. The molecule has 0 unspecified atom stereocenters. The van der Waals surface area contributed by atoms with Gasteiger partial charge in [-0.25, -0.2) is 0 Å². The Balaban J connectivity index is 1.95. The molecular formula is C25H44O6. The van der Waals surface area contributed by atoms with Crippen LogP contribution in [-0.2, 0) is 28.5 Å². The molecule has 1 saturated carbocycles. The summed E-state index contributed by atoms with van der Waals surface area (Å²) in [5, 5.41) is 0. The smallest absolute Gasteiger partial charge is 0.305 e. The number of esters is 1. The molecule has 0 radical (unpaired) electrons. The highest BCUT2D eigenvalue weighted by molar-refractivity contribution is 5.68. The molecule has 0 aromatic heterocycles. The molecular weight excluding hydrogens is 396 g/mol. The zero-order chi connectivity index (χ0) is 22.6. The van der Waals surface area contributed by atoms with Crippen molar-refractivity contribution in [1.82, 2.24) is 0 Å². The molecule has 2 rings (SSSR count). The van der Waals surface area contributed by atoms with E-state index in [1.807, 2.05) is 0 Å². The Hall–Kier alpha value is -0.950. The average Bonchev–Trinajstić information content (AvgIpc) is 3.40. The maximum absolute atomic E-state index is 11.3. The third-order valence-corrected chi connectivity index (χ3v) is 6.97. The number of hydrogen-bond donors (Lipinski definition) is 0. The van der Waals surface area contributed by atoms with Gasteiger partial charge in [-0.15, -0.1) is 0 Å². The van der Waals surface area contributed by atoms with Crippen molar-refractivity contribution in [3.05, 3.63) is 12.2 Å². The number of unbranched alkanes of at least 4 members (excludes halogenated alkanes) is 5. The van der Waals surface area contributed by atoms with Crippen LogP contribution < -0.4 is 0 Å². The van der Waals surface area contributed by atoms with Gasteiger partial charge in [-0.3, -0.25) is 4.79 Å². The van der Waals surface area contributed by atoms with Crippen molar-refractivity contribution in [1.29, 1.82) is 0 Å². The Labute approximate surface area is 189 Å². The molecule has 180 valence electrons. The number of methoxy groups -OCH3 is 3. The zero-order valence-electron chi connectivity index (χ0n) is 20.2. The minimum Gasteiger partial charge on any atom is -0.469 e. The molecule has 1 saturated heterocycles. The van der Waals surface area contributed by atoms with E-state index >= 15 is 0 Å². The van der Waals surface area contributed by atoms with E-state index in [-0.39, 0.29) is 5.97 Å². The monoisotopic (exact) mass is 440 g/mol. The van der Waals surface area contributed by atoms with E-state index in [2.05, 4.69) is 19.1 Å². The molecule has 2 atom stereocenters. The standard InChI is InChI=1S/C25H44O6/c1-5-6-11-16-24(30-19-20-31-24)17-14-21-15-18-25(28-3,29-4)22(21)12-9-7-8-10-13-23(26)27-2/h14,17,21-22H,5-13,15-16,18-20H2,1-4H3/t21-,22+/m0/s1. The van der Waals surface area contributed by atoms with Crippen LogP contribution in [0.4, 0.5) is 0 Å². The van der Waals surface area contributed by atoms with Gasteiger partial charge in [0.05, 0.1) is 20.3 Å². The summed E-state index contributed by atoms with van der Waals surface area (Å²) in [7, 11) is 4.96. The summed E-state index contributed by atoms with van der Waals surface area (Å²) in [6, 6.07) is 0. The lowest BCUT2D eigenvalue weighted by molar-refractivity contribution is -0.231. The number of rotatable bonds is 15. The summed E-state index contributed by atoms with van der Waals surface area (Å²) in [6.45, 7) is 3.54. The molecule has 2 aliphatic rings. The number of allylic oxidation sites excluding steroid dienone is 1. The molecule has 0 aromatic rings. The van der Waals surface area contributed by atoms with Crippen molar-refractivity contribution in [2.24, 2.45) is 11.8 Å². The van der Waals surface area contributed by atoms with Crippen molar-refractivity contribution in [3.63, 3.8) is 0 Å². The molecule has 0 spiro atoms.